The Balaban J connectivity index is 1.27. The number of rotatable bonds is 10. The van der Waals surface area contributed by atoms with Crippen molar-refractivity contribution in [1.82, 2.24) is 9.55 Å². The molecule has 47 heavy (non-hydrogen) atoms. The first-order valence-corrected chi connectivity index (χ1v) is 16.0. The van der Waals surface area contributed by atoms with Crippen LogP contribution in [-0.4, -0.2) is 32.5 Å². The highest BCUT2D eigenvalue weighted by molar-refractivity contribution is 6.40. The second-order valence-corrected chi connectivity index (χ2v) is 12.2. The lowest BCUT2D eigenvalue weighted by molar-refractivity contribution is -0.263. The lowest BCUT2D eigenvalue weighted by atomic mass is 9.83. The van der Waals surface area contributed by atoms with E-state index in [0.717, 1.165) is 27.8 Å². The third-order valence-electron chi connectivity index (χ3n) is 8.25. The van der Waals surface area contributed by atoms with E-state index in [0.29, 0.717) is 22.9 Å². The molecule has 8 nitrogen and oxygen atoms in total. The van der Waals surface area contributed by atoms with Gasteiger partial charge in [-0.3, -0.25) is 9.59 Å². The Labute approximate surface area is 282 Å². The molecule has 0 bridgehead atoms. The highest BCUT2D eigenvalue weighted by Crippen LogP contribution is 2.47. The summed E-state index contributed by atoms with van der Waals surface area (Å²) in [6.07, 6.45) is 0.190. The zero-order valence-corrected chi connectivity index (χ0v) is 27.1. The molecule has 0 radical (unpaired) electrons. The standard InChI is InChI=1S/C37H33Cl2N3O5/c1-23(44)29-8-5-9-30(19-29)41-32(45)18-24-10-16-28(17-11-24)37-46-31(20-42-22-40-35(38)36(42)39)33(26-6-3-2-4-7-26)34(47-37)27-14-12-25(21-43)13-15-27/h2-17,19,22,31,33-34,37,43H,18,20-21H2,1H3,(H,41,45). The molecule has 0 saturated carbocycles. The molecule has 1 saturated heterocycles. The number of anilines is 1. The summed E-state index contributed by atoms with van der Waals surface area (Å²) in [6, 6.07) is 32.2. The number of aromatic nitrogens is 2. The van der Waals surface area contributed by atoms with Crippen LogP contribution in [-0.2, 0) is 33.8 Å². The molecular weight excluding hydrogens is 637 g/mol. The Bertz CT molecular complexity index is 1840. The van der Waals surface area contributed by atoms with E-state index in [1.807, 2.05) is 66.7 Å². The molecule has 4 atom stereocenters. The number of carbonyl (C=O) groups is 2. The number of aliphatic hydroxyl groups is 1. The fraction of sp³-hybridized carbons (Fsp3) is 0.216. The average Bonchev–Trinajstić information content (AvgIpc) is 3.41. The van der Waals surface area contributed by atoms with Crippen molar-refractivity contribution in [1.29, 1.82) is 0 Å². The lowest BCUT2D eigenvalue weighted by Gasteiger charge is -2.43. The molecule has 0 spiro atoms. The van der Waals surface area contributed by atoms with Crippen molar-refractivity contribution in [2.75, 3.05) is 5.32 Å². The van der Waals surface area contributed by atoms with Gasteiger partial charge in [0, 0.05) is 22.7 Å². The van der Waals surface area contributed by atoms with Crippen LogP contribution in [0.3, 0.4) is 0 Å². The van der Waals surface area contributed by atoms with E-state index in [2.05, 4.69) is 22.4 Å². The molecule has 4 unspecified atom stereocenters. The number of hydrogen-bond donors (Lipinski definition) is 2. The monoisotopic (exact) mass is 669 g/mol. The minimum absolute atomic E-state index is 0.0582. The highest BCUT2D eigenvalue weighted by atomic mass is 35.5. The molecule has 1 amide bonds. The number of carbonyl (C=O) groups excluding carboxylic acids is 2. The Morgan fingerprint density at radius 3 is 2.21 bits per heavy atom. The number of aliphatic hydroxyl groups excluding tert-OH is 1. The number of ether oxygens (including phenoxy) is 2. The molecule has 2 heterocycles. The Hall–Kier alpha value is -4.31. The third kappa shape index (κ3) is 7.64. The fourth-order valence-corrected chi connectivity index (χ4v) is 6.14. The Morgan fingerprint density at radius 2 is 1.55 bits per heavy atom. The molecular formula is C37H33Cl2N3O5. The number of ketones is 1. The number of nitrogens with zero attached hydrogens (tertiary/aromatic N) is 2. The minimum atomic E-state index is -0.738. The predicted octanol–water partition coefficient (Wildman–Crippen LogP) is 7.71. The topological polar surface area (TPSA) is 103 Å². The zero-order chi connectivity index (χ0) is 32.9. The number of hydrogen-bond acceptors (Lipinski definition) is 6. The first-order chi connectivity index (χ1) is 22.8. The summed E-state index contributed by atoms with van der Waals surface area (Å²) in [5, 5.41) is 13.1. The second kappa shape index (κ2) is 14.6. The summed E-state index contributed by atoms with van der Waals surface area (Å²) in [5.74, 6) is -0.492. The summed E-state index contributed by atoms with van der Waals surface area (Å²) in [6.45, 7) is 1.80. The van der Waals surface area contributed by atoms with Crippen LogP contribution in [0.2, 0.25) is 10.3 Å². The van der Waals surface area contributed by atoms with Crippen LogP contribution < -0.4 is 5.32 Å². The second-order valence-electron chi connectivity index (χ2n) is 11.5. The summed E-state index contributed by atoms with van der Waals surface area (Å²) >= 11 is 12.7. The number of Topliss-reactive ketones (excluding diaryl/α,β-unsaturated/α-hetero) is 1. The van der Waals surface area contributed by atoms with Crippen molar-refractivity contribution in [3.8, 4) is 0 Å². The number of halogens is 2. The van der Waals surface area contributed by atoms with Crippen molar-refractivity contribution < 1.29 is 24.2 Å². The van der Waals surface area contributed by atoms with E-state index in [4.69, 9.17) is 32.7 Å². The maximum Gasteiger partial charge on any atom is 0.228 e. The van der Waals surface area contributed by atoms with E-state index in [-0.39, 0.29) is 35.8 Å². The fourth-order valence-electron chi connectivity index (χ4n) is 5.83. The van der Waals surface area contributed by atoms with Crippen LogP contribution in [0, 0.1) is 0 Å². The van der Waals surface area contributed by atoms with Crippen molar-refractivity contribution >= 4 is 40.6 Å². The van der Waals surface area contributed by atoms with E-state index in [1.165, 1.54) is 6.92 Å². The first-order valence-electron chi connectivity index (χ1n) is 15.2. The molecule has 4 aromatic carbocycles. The van der Waals surface area contributed by atoms with E-state index in [1.54, 1.807) is 35.2 Å². The Morgan fingerprint density at radius 1 is 0.851 bits per heavy atom. The molecule has 2 N–H and O–H groups in total. The number of benzene rings is 4. The number of amides is 1. The van der Waals surface area contributed by atoms with Crippen LogP contribution in [0.5, 0.6) is 0 Å². The molecule has 240 valence electrons. The van der Waals surface area contributed by atoms with Crippen LogP contribution >= 0.6 is 23.2 Å². The molecule has 10 heteroatoms. The smallest absolute Gasteiger partial charge is 0.228 e. The van der Waals surface area contributed by atoms with Gasteiger partial charge in [0.1, 0.15) is 5.15 Å². The van der Waals surface area contributed by atoms with Gasteiger partial charge in [-0.2, -0.15) is 0 Å². The van der Waals surface area contributed by atoms with Crippen LogP contribution in [0.15, 0.2) is 109 Å². The molecule has 1 fully saturated rings. The van der Waals surface area contributed by atoms with Gasteiger partial charge in [-0.05, 0) is 41.3 Å². The summed E-state index contributed by atoms with van der Waals surface area (Å²) in [5.41, 5.74) is 5.46. The van der Waals surface area contributed by atoms with Gasteiger partial charge in [-0.1, -0.05) is 114 Å². The van der Waals surface area contributed by atoms with E-state index >= 15 is 0 Å². The average molecular weight is 671 g/mol. The zero-order valence-electron chi connectivity index (χ0n) is 25.6. The lowest BCUT2D eigenvalue weighted by Crippen LogP contribution is -2.39. The maximum atomic E-state index is 12.8. The minimum Gasteiger partial charge on any atom is -0.392 e. The van der Waals surface area contributed by atoms with Crippen LogP contribution in [0.1, 0.15) is 63.4 Å². The number of imidazole rings is 1. The summed E-state index contributed by atoms with van der Waals surface area (Å²) < 4.78 is 15.2. The van der Waals surface area contributed by atoms with Gasteiger partial charge in [-0.15, -0.1) is 0 Å². The first kappa shape index (κ1) is 32.6. The highest BCUT2D eigenvalue weighted by Gasteiger charge is 2.42. The molecule has 6 rings (SSSR count). The van der Waals surface area contributed by atoms with Gasteiger partial charge in [0.25, 0.3) is 0 Å². The largest absolute Gasteiger partial charge is 0.392 e. The maximum absolute atomic E-state index is 12.8. The van der Waals surface area contributed by atoms with Crippen LogP contribution in [0.25, 0.3) is 0 Å². The van der Waals surface area contributed by atoms with Crippen molar-refractivity contribution in [2.24, 2.45) is 0 Å². The van der Waals surface area contributed by atoms with Gasteiger partial charge in [-0.25, -0.2) is 4.98 Å². The van der Waals surface area contributed by atoms with Crippen molar-refractivity contribution in [3.05, 3.63) is 153 Å². The predicted molar refractivity (Wildman–Crippen MR) is 180 cm³/mol. The van der Waals surface area contributed by atoms with Gasteiger partial charge in [0.2, 0.25) is 5.91 Å². The molecule has 0 aliphatic carbocycles. The van der Waals surface area contributed by atoms with E-state index in [9.17, 15) is 14.7 Å². The molecule has 1 aliphatic heterocycles. The molecule has 1 aromatic heterocycles. The van der Waals surface area contributed by atoms with Gasteiger partial charge in [0.05, 0.1) is 38.1 Å². The summed E-state index contributed by atoms with van der Waals surface area (Å²) in [7, 11) is 0. The van der Waals surface area contributed by atoms with Gasteiger partial charge in [0.15, 0.2) is 17.2 Å². The third-order valence-corrected chi connectivity index (χ3v) is 9.02. The molecule has 5 aromatic rings. The Kier molecular flexibility index (Phi) is 10.2. The quantitative estimate of drug-likeness (QED) is 0.148. The van der Waals surface area contributed by atoms with E-state index < -0.39 is 18.5 Å². The van der Waals surface area contributed by atoms with Crippen molar-refractivity contribution in [3.63, 3.8) is 0 Å². The van der Waals surface area contributed by atoms with Gasteiger partial charge < -0.3 is 24.5 Å². The number of nitrogens with one attached hydrogen (secondary N) is 1. The van der Waals surface area contributed by atoms with Crippen molar-refractivity contribution in [2.45, 2.75) is 50.9 Å². The van der Waals surface area contributed by atoms with Crippen LogP contribution in [0.4, 0.5) is 5.69 Å². The van der Waals surface area contributed by atoms with Gasteiger partial charge >= 0.3 is 0 Å². The summed E-state index contributed by atoms with van der Waals surface area (Å²) in [4.78, 5) is 28.7. The SMILES string of the molecule is CC(=O)c1cccc(NC(=O)Cc2ccc(C3OC(Cn4cnc(Cl)c4Cl)C(c4ccccc4)C(c4ccc(CO)cc4)O3)cc2)c1. The molecule has 1 aliphatic rings. The normalized spacial score (nSPS) is 19.3.